The lowest BCUT2D eigenvalue weighted by atomic mass is 9.83. The molecule has 0 atom stereocenters. The third-order valence-electron chi connectivity index (χ3n) is 8.85. The van der Waals surface area contributed by atoms with E-state index in [0.29, 0.717) is 0 Å². The highest BCUT2D eigenvalue weighted by atomic mass is 14.7. The fourth-order valence-corrected chi connectivity index (χ4v) is 6.70. The molecule has 0 unspecified atom stereocenters. The Labute approximate surface area is 258 Å². The number of aromatic nitrogens is 1. The summed E-state index contributed by atoms with van der Waals surface area (Å²) in [6.45, 7) is 4.22. The van der Waals surface area contributed by atoms with E-state index in [4.69, 9.17) is 4.98 Å². The van der Waals surface area contributed by atoms with Crippen LogP contribution in [0.25, 0.3) is 77.0 Å². The molecule has 0 spiro atoms. The molecule has 0 aliphatic heterocycles. The van der Waals surface area contributed by atoms with Crippen molar-refractivity contribution in [1.82, 2.24) is 4.98 Å². The predicted octanol–water partition coefficient (Wildman–Crippen LogP) is 11.8. The molecule has 0 radical (unpaired) electrons. The lowest BCUT2D eigenvalue weighted by Crippen LogP contribution is -1.93. The van der Waals surface area contributed by atoms with Gasteiger partial charge < -0.3 is 0 Å². The van der Waals surface area contributed by atoms with Crippen LogP contribution in [0, 0.1) is 13.8 Å². The summed E-state index contributed by atoms with van der Waals surface area (Å²) < 4.78 is 0. The van der Waals surface area contributed by atoms with Crippen molar-refractivity contribution in [2.24, 2.45) is 0 Å². The first-order valence-corrected chi connectivity index (χ1v) is 15.2. The molecule has 0 aliphatic carbocycles. The van der Waals surface area contributed by atoms with Gasteiger partial charge in [-0.25, -0.2) is 0 Å². The zero-order valence-electron chi connectivity index (χ0n) is 24.9. The first-order chi connectivity index (χ1) is 21.7. The van der Waals surface area contributed by atoms with Crippen LogP contribution in [0.3, 0.4) is 0 Å². The van der Waals surface area contributed by atoms with Gasteiger partial charge in [-0.15, -0.1) is 0 Å². The molecule has 8 aromatic rings. The Hall–Kier alpha value is -5.53. The zero-order valence-corrected chi connectivity index (χ0v) is 24.9. The van der Waals surface area contributed by atoms with E-state index in [1.807, 2.05) is 6.20 Å². The molecule has 0 N–H and O–H groups in total. The van der Waals surface area contributed by atoms with Crippen LogP contribution in [0.1, 0.15) is 11.1 Å². The van der Waals surface area contributed by atoms with Crippen molar-refractivity contribution in [3.8, 4) is 44.6 Å². The van der Waals surface area contributed by atoms with Crippen LogP contribution in [0.4, 0.5) is 0 Å². The van der Waals surface area contributed by atoms with Crippen molar-refractivity contribution in [2.75, 3.05) is 0 Å². The summed E-state index contributed by atoms with van der Waals surface area (Å²) in [4.78, 5) is 4.72. The smallest absolute Gasteiger partial charge is 0.0702 e. The Morgan fingerprint density at radius 3 is 1.50 bits per heavy atom. The number of pyridine rings is 1. The second kappa shape index (κ2) is 10.6. The van der Waals surface area contributed by atoms with Gasteiger partial charge in [-0.1, -0.05) is 139 Å². The standard InChI is InChI=1S/C43H31N/c1-28-18-21-30(22-19-28)33-23-24-40(35-13-4-3-12-34(33)35)43-38-16-7-5-14-36(38)42(37-15-6-8-17-39(37)43)32-11-9-10-31(26-32)41-25-20-29(2)27-44-41/h3-27H,1-2H3. The molecule has 0 saturated carbocycles. The lowest BCUT2D eigenvalue weighted by Gasteiger charge is -2.20. The van der Waals surface area contributed by atoms with Crippen LogP contribution >= 0.6 is 0 Å². The summed E-state index contributed by atoms with van der Waals surface area (Å²) in [5.74, 6) is 0. The number of hydrogen-bond donors (Lipinski definition) is 0. The highest BCUT2D eigenvalue weighted by molar-refractivity contribution is 6.24. The molecule has 208 valence electrons. The Morgan fingerprint density at radius 1 is 0.364 bits per heavy atom. The van der Waals surface area contributed by atoms with E-state index in [-0.39, 0.29) is 0 Å². The van der Waals surface area contributed by atoms with Crippen LogP contribution in [0.2, 0.25) is 0 Å². The largest absolute Gasteiger partial charge is 0.256 e. The molecular weight excluding hydrogens is 530 g/mol. The molecule has 0 aliphatic rings. The monoisotopic (exact) mass is 561 g/mol. The van der Waals surface area contributed by atoms with Gasteiger partial charge in [-0.3, -0.25) is 4.98 Å². The Morgan fingerprint density at radius 2 is 0.886 bits per heavy atom. The summed E-state index contributed by atoms with van der Waals surface area (Å²) in [5.41, 5.74) is 12.0. The Bertz CT molecular complexity index is 2270. The van der Waals surface area contributed by atoms with Gasteiger partial charge in [-0.05, 0) is 97.2 Å². The summed E-state index contributed by atoms with van der Waals surface area (Å²) in [6, 6.07) is 53.2. The molecule has 1 heterocycles. The average Bonchev–Trinajstić information content (AvgIpc) is 3.08. The lowest BCUT2D eigenvalue weighted by molar-refractivity contribution is 1.27. The topological polar surface area (TPSA) is 12.9 Å². The number of rotatable bonds is 4. The van der Waals surface area contributed by atoms with Crippen molar-refractivity contribution in [2.45, 2.75) is 13.8 Å². The molecule has 0 fully saturated rings. The van der Waals surface area contributed by atoms with E-state index in [1.165, 1.54) is 71.3 Å². The van der Waals surface area contributed by atoms with Crippen molar-refractivity contribution < 1.29 is 0 Å². The number of hydrogen-bond acceptors (Lipinski definition) is 1. The van der Waals surface area contributed by atoms with E-state index in [0.717, 1.165) is 16.8 Å². The second-order valence-electron chi connectivity index (χ2n) is 11.7. The molecule has 0 bridgehead atoms. The highest BCUT2D eigenvalue weighted by Crippen LogP contribution is 2.46. The molecule has 7 aromatic carbocycles. The summed E-state index contributed by atoms with van der Waals surface area (Å²) in [5, 5.41) is 7.55. The van der Waals surface area contributed by atoms with Crippen molar-refractivity contribution in [3.05, 3.63) is 163 Å². The van der Waals surface area contributed by atoms with Crippen LogP contribution < -0.4 is 0 Å². The maximum Gasteiger partial charge on any atom is 0.0702 e. The first kappa shape index (κ1) is 26.1. The van der Waals surface area contributed by atoms with Crippen LogP contribution in [0.5, 0.6) is 0 Å². The van der Waals surface area contributed by atoms with E-state index >= 15 is 0 Å². The molecule has 0 saturated heterocycles. The van der Waals surface area contributed by atoms with Gasteiger partial charge in [0.05, 0.1) is 5.69 Å². The summed E-state index contributed by atoms with van der Waals surface area (Å²) in [7, 11) is 0. The number of fused-ring (bicyclic) bond motifs is 3. The van der Waals surface area contributed by atoms with Gasteiger partial charge in [0.15, 0.2) is 0 Å². The van der Waals surface area contributed by atoms with E-state index in [1.54, 1.807) is 0 Å². The number of nitrogens with zero attached hydrogens (tertiary/aromatic N) is 1. The van der Waals surface area contributed by atoms with Crippen LogP contribution in [-0.4, -0.2) is 4.98 Å². The average molecular weight is 562 g/mol. The molecule has 44 heavy (non-hydrogen) atoms. The van der Waals surface area contributed by atoms with Crippen molar-refractivity contribution in [1.29, 1.82) is 0 Å². The van der Waals surface area contributed by atoms with Crippen molar-refractivity contribution >= 4 is 32.3 Å². The molecular formula is C43H31N. The maximum atomic E-state index is 4.72. The first-order valence-electron chi connectivity index (χ1n) is 15.2. The minimum Gasteiger partial charge on any atom is -0.256 e. The van der Waals surface area contributed by atoms with Crippen LogP contribution in [-0.2, 0) is 0 Å². The molecule has 1 aromatic heterocycles. The van der Waals surface area contributed by atoms with Gasteiger partial charge >= 0.3 is 0 Å². The third kappa shape index (κ3) is 4.37. The number of aryl methyl sites for hydroxylation is 2. The summed E-state index contributed by atoms with van der Waals surface area (Å²) in [6.07, 6.45) is 1.94. The Kier molecular flexibility index (Phi) is 6.31. The van der Waals surface area contributed by atoms with Gasteiger partial charge in [-0.2, -0.15) is 0 Å². The van der Waals surface area contributed by atoms with Gasteiger partial charge in [0.25, 0.3) is 0 Å². The normalized spacial score (nSPS) is 11.4. The quantitative estimate of drug-likeness (QED) is 0.195. The molecule has 1 nitrogen and oxygen atoms in total. The fraction of sp³-hybridized carbons (Fsp3) is 0.0465. The van der Waals surface area contributed by atoms with Gasteiger partial charge in [0, 0.05) is 11.8 Å². The van der Waals surface area contributed by atoms with Gasteiger partial charge in [0.2, 0.25) is 0 Å². The highest BCUT2D eigenvalue weighted by Gasteiger charge is 2.19. The number of benzene rings is 7. The zero-order chi connectivity index (χ0) is 29.6. The maximum absolute atomic E-state index is 4.72. The Balaban J connectivity index is 1.41. The summed E-state index contributed by atoms with van der Waals surface area (Å²) >= 11 is 0. The molecule has 1 heteroatoms. The molecule has 8 rings (SSSR count). The third-order valence-corrected chi connectivity index (χ3v) is 8.85. The minimum absolute atomic E-state index is 0.989. The van der Waals surface area contributed by atoms with Crippen LogP contribution in [0.15, 0.2) is 152 Å². The minimum atomic E-state index is 0.989. The fourth-order valence-electron chi connectivity index (χ4n) is 6.70. The van der Waals surface area contributed by atoms with E-state index in [2.05, 4.69) is 159 Å². The van der Waals surface area contributed by atoms with Crippen molar-refractivity contribution in [3.63, 3.8) is 0 Å². The SMILES string of the molecule is Cc1ccc(-c2ccc(-c3c4ccccc4c(-c4cccc(-c5ccc(C)cn5)c4)c4ccccc34)c3ccccc23)cc1. The van der Waals surface area contributed by atoms with E-state index < -0.39 is 0 Å². The molecule has 0 amide bonds. The second-order valence-corrected chi connectivity index (χ2v) is 11.7. The van der Waals surface area contributed by atoms with E-state index in [9.17, 15) is 0 Å². The van der Waals surface area contributed by atoms with Gasteiger partial charge in [0.1, 0.15) is 0 Å². The predicted molar refractivity (Wildman–Crippen MR) is 188 cm³/mol.